The smallest absolute Gasteiger partial charge is 0.317 e. The molecule has 0 aliphatic carbocycles. The molecule has 6 heteroatoms. The van der Waals surface area contributed by atoms with Crippen molar-refractivity contribution in [3.63, 3.8) is 0 Å². The first kappa shape index (κ1) is 19.6. The first-order valence-electron chi connectivity index (χ1n) is 10.7. The lowest BCUT2D eigenvalue weighted by Crippen LogP contribution is -2.51. The van der Waals surface area contributed by atoms with Crippen LogP contribution in [0.5, 0.6) is 0 Å². The van der Waals surface area contributed by atoms with Crippen molar-refractivity contribution in [1.29, 1.82) is 0 Å². The molecule has 29 heavy (non-hydrogen) atoms. The molecular formula is C23H31N5O. The van der Waals surface area contributed by atoms with Gasteiger partial charge in [-0.1, -0.05) is 13.0 Å². The molecule has 0 spiro atoms. The van der Waals surface area contributed by atoms with E-state index in [9.17, 15) is 4.79 Å². The van der Waals surface area contributed by atoms with E-state index in [1.807, 2.05) is 17.0 Å². The largest absolute Gasteiger partial charge is 0.372 e. The van der Waals surface area contributed by atoms with Gasteiger partial charge in [-0.05, 0) is 54.7 Å². The Morgan fingerprint density at radius 1 is 0.966 bits per heavy atom. The van der Waals surface area contributed by atoms with E-state index in [4.69, 9.17) is 0 Å². The van der Waals surface area contributed by atoms with Gasteiger partial charge in [0.05, 0.1) is 0 Å². The Hall–Kier alpha value is -2.76. The van der Waals surface area contributed by atoms with Crippen LogP contribution in [0.15, 0.2) is 48.8 Å². The summed E-state index contributed by atoms with van der Waals surface area (Å²) < 4.78 is 0. The molecule has 154 valence electrons. The van der Waals surface area contributed by atoms with Gasteiger partial charge in [-0.2, -0.15) is 0 Å². The van der Waals surface area contributed by atoms with Crippen LogP contribution in [-0.4, -0.2) is 55.2 Å². The molecule has 0 bridgehead atoms. The van der Waals surface area contributed by atoms with E-state index in [1.54, 1.807) is 12.4 Å². The number of aromatic nitrogens is 1. The topological polar surface area (TPSA) is 51.7 Å². The summed E-state index contributed by atoms with van der Waals surface area (Å²) in [5, 5.41) is 2.99. The lowest BCUT2D eigenvalue weighted by molar-refractivity contribution is 0.194. The molecule has 2 aliphatic heterocycles. The zero-order chi connectivity index (χ0) is 20.1. The predicted octanol–water partition coefficient (Wildman–Crippen LogP) is 3.35. The normalized spacial score (nSPS) is 18.0. The van der Waals surface area contributed by atoms with Gasteiger partial charge in [0, 0.05) is 69.6 Å². The van der Waals surface area contributed by atoms with Gasteiger partial charge in [0.15, 0.2) is 0 Å². The van der Waals surface area contributed by atoms with Crippen molar-refractivity contribution in [2.45, 2.75) is 26.3 Å². The van der Waals surface area contributed by atoms with Gasteiger partial charge in [-0.3, -0.25) is 4.98 Å². The zero-order valence-electron chi connectivity index (χ0n) is 17.3. The van der Waals surface area contributed by atoms with Crippen LogP contribution < -0.4 is 15.1 Å². The number of nitrogens with one attached hydrogen (secondary N) is 1. The molecule has 2 fully saturated rings. The number of anilines is 2. The van der Waals surface area contributed by atoms with Crippen molar-refractivity contribution >= 4 is 17.4 Å². The molecule has 0 radical (unpaired) electrons. The number of nitrogens with zero attached hydrogens (tertiary/aromatic N) is 4. The van der Waals surface area contributed by atoms with E-state index in [0.29, 0.717) is 6.54 Å². The quantitative estimate of drug-likeness (QED) is 0.866. The number of hydrogen-bond donors (Lipinski definition) is 1. The summed E-state index contributed by atoms with van der Waals surface area (Å²) in [6.45, 7) is 8.39. The number of carbonyl (C=O) groups is 1. The van der Waals surface area contributed by atoms with Gasteiger partial charge in [0.1, 0.15) is 0 Å². The van der Waals surface area contributed by atoms with Crippen LogP contribution in [0.3, 0.4) is 0 Å². The molecule has 1 aromatic carbocycles. The molecule has 1 N–H and O–H groups in total. The Morgan fingerprint density at radius 2 is 1.59 bits per heavy atom. The van der Waals surface area contributed by atoms with Crippen LogP contribution in [0.1, 0.15) is 25.3 Å². The molecule has 4 rings (SSSR count). The Bertz CT molecular complexity index is 779. The number of benzene rings is 1. The third kappa shape index (κ3) is 5.00. The van der Waals surface area contributed by atoms with Crippen molar-refractivity contribution < 1.29 is 4.79 Å². The first-order chi connectivity index (χ1) is 14.2. The summed E-state index contributed by atoms with van der Waals surface area (Å²) >= 11 is 0. The van der Waals surface area contributed by atoms with Gasteiger partial charge < -0.3 is 20.0 Å². The van der Waals surface area contributed by atoms with Crippen LogP contribution >= 0.6 is 0 Å². The van der Waals surface area contributed by atoms with E-state index >= 15 is 0 Å². The molecule has 0 saturated carbocycles. The fourth-order valence-electron chi connectivity index (χ4n) is 4.10. The average molecular weight is 394 g/mol. The van der Waals surface area contributed by atoms with E-state index in [2.05, 4.69) is 51.3 Å². The summed E-state index contributed by atoms with van der Waals surface area (Å²) in [4.78, 5) is 23.3. The van der Waals surface area contributed by atoms with Crippen molar-refractivity contribution in [1.82, 2.24) is 15.2 Å². The van der Waals surface area contributed by atoms with E-state index in [-0.39, 0.29) is 6.03 Å². The zero-order valence-corrected chi connectivity index (χ0v) is 17.3. The SMILES string of the molecule is CC1CCN(c2ccc(N3CCN(C(=O)NCc4cccnc4)CC3)cc2)CC1. The number of amides is 2. The molecule has 0 atom stereocenters. The van der Waals surface area contributed by atoms with Crippen molar-refractivity contribution in [3.8, 4) is 0 Å². The summed E-state index contributed by atoms with van der Waals surface area (Å²) in [7, 11) is 0. The predicted molar refractivity (Wildman–Crippen MR) is 117 cm³/mol. The maximum absolute atomic E-state index is 12.4. The lowest BCUT2D eigenvalue weighted by Gasteiger charge is -2.36. The van der Waals surface area contributed by atoms with Crippen molar-refractivity contribution in [2.75, 3.05) is 49.1 Å². The molecule has 2 saturated heterocycles. The van der Waals surface area contributed by atoms with E-state index in [0.717, 1.165) is 50.7 Å². The van der Waals surface area contributed by atoms with Crippen molar-refractivity contribution in [3.05, 3.63) is 54.4 Å². The first-order valence-corrected chi connectivity index (χ1v) is 10.7. The maximum atomic E-state index is 12.4. The highest BCUT2D eigenvalue weighted by Gasteiger charge is 2.21. The number of piperazine rings is 1. The molecular weight excluding hydrogens is 362 g/mol. The Balaban J connectivity index is 1.25. The van der Waals surface area contributed by atoms with Gasteiger partial charge >= 0.3 is 6.03 Å². The number of pyridine rings is 1. The number of urea groups is 1. The molecule has 2 aliphatic rings. The van der Waals surface area contributed by atoms with Crippen LogP contribution in [0.2, 0.25) is 0 Å². The van der Waals surface area contributed by atoms with E-state index < -0.39 is 0 Å². The molecule has 2 amide bonds. The Labute approximate surface area is 173 Å². The fraction of sp³-hybridized carbons (Fsp3) is 0.478. The summed E-state index contributed by atoms with van der Waals surface area (Å²) in [6, 6.07) is 12.8. The number of hydrogen-bond acceptors (Lipinski definition) is 4. The monoisotopic (exact) mass is 393 g/mol. The van der Waals surface area contributed by atoms with E-state index in [1.165, 1.54) is 24.2 Å². The summed E-state index contributed by atoms with van der Waals surface area (Å²) in [6.07, 6.45) is 6.09. The molecule has 3 heterocycles. The number of rotatable bonds is 4. The summed E-state index contributed by atoms with van der Waals surface area (Å²) in [5.41, 5.74) is 3.59. The lowest BCUT2D eigenvalue weighted by atomic mass is 9.99. The van der Waals surface area contributed by atoms with Gasteiger partial charge in [0.2, 0.25) is 0 Å². The Kier molecular flexibility index (Phi) is 6.17. The molecule has 0 unspecified atom stereocenters. The van der Waals surface area contributed by atoms with Crippen LogP contribution in [-0.2, 0) is 6.54 Å². The highest BCUT2D eigenvalue weighted by Crippen LogP contribution is 2.26. The summed E-state index contributed by atoms with van der Waals surface area (Å²) in [5.74, 6) is 0.850. The fourth-order valence-corrected chi connectivity index (χ4v) is 4.10. The molecule has 6 nitrogen and oxygen atoms in total. The second kappa shape index (κ2) is 9.16. The van der Waals surface area contributed by atoms with Gasteiger partial charge in [0.25, 0.3) is 0 Å². The van der Waals surface area contributed by atoms with Crippen LogP contribution in [0.25, 0.3) is 0 Å². The maximum Gasteiger partial charge on any atom is 0.317 e. The van der Waals surface area contributed by atoms with Gasteiger partial charge in [-0.25, -0.2) is 4.79 Å². The highest BCUT2D eigenvalue weighted by atomic mass is 16.2. The third-order valence-electron chi connectivity index (χ3n) is 6.10. The standard InChI is InChI=1S/C23H31N5O/c1-19-8-11-26(12-9-19)21-4-6-22(7-5-21)27-13-15-28(16-14-27)23(29)25-18-20-3-2-10-24-17-20/h2-7,10,17,19H,8-9,11-16,18H2,1H3,(H,25,29). The minimum Gasteiger partial charge on any atom is -0.372 e. The third-order valence-corrected chi connectivity index (χ3v) is 6.10. The minimum absolute atomic E-state index is 0.00294. The second-order valence-electron chi connectivity index (χ2n) is 8.18. The van der Waals surface area contributed by atoms with Crippen LogP contribution in [0, 0.1) is 5.92 Å². The highest BCUT2D eigenvalue weighted by molar-refractivity contribution is 5.74. The second-order valence-corrected chi connectivity index (χ2v) is 8.18. The van der Waals surface area contributed by atoms with Crippen LogP contribution in [0.4, 0.5) is 16.2 Å². The molecule has 2 aromatic rings. The average Bonchev–Trinajstić information content (AvgIpc) is 2.79. The Morgan fingerprint density at radius 3 is 2.17 bits per heavy atom. The number of carbonyl (C=O) groups excluding carboxylic acids is 1. The van der Waals surface area contributed by atoms with Gasteiger partial charge in [-0.15, -0.1) is 0 Å². The minimum atomic E-state index is 0.00294. The molecule has 1 aromatic heterocycles. The van der Waals surface area contributed by atoms with Crippen molar-refractivity contribution in [2.24, 2.45) is 5.92 Å². The number of piperidine rings is 1.